The van der Waals surface area contributed by atoms with Crippen molar-refractivity contribution >= 4 is 22.6 Å². The topological polar surface area (TPSA) is 17.8 Å². The SMILES string of the molecule is Cc1cccc2nc(C(C)Cl)n(-c3ccc(F)cc3)c12. The average molecular weight is 289 g/mol. The number of alkyl halides is 1. The van der Waals surface area contributed by atoms with Crippen LogP contribution in [-0.2, 0) is 0 Å². The molecule has 0 aliphatic rings. The molecule has 102 valence electrons. The molecular weight excluding hydrogens is 275 g/mol. The van der Waals surface area contributed by atoms with Crippen molar-refractivity contribution in [3.63, 3.8) is 0 Å². The predicted octanol–water partition coefficient (Wildman–Crippen LogP) is 4.77. The highest BCUT2D eigenvalue weighted by molar-refractivity contribution is 6.20. The molecule has 0 spiro atoms. The molecule has 2 nitrogen and oxygen atoms in total. The van der Waals surface area contributed by atoms with E-state index in [9.17, 15) is 4.39 Å². The quantitative estimate of drug-likeness (QED) is 0.621. The normalized spacial score (nSPS) is 12.8. The van der Waals surface area contributed by atoms with Crippen LogP contribution in [0.2, 0.25) is 0 Å². The molecule has 0 radical (unpaired) electrons. The molecule has 0 amide bonds. The number of halogens is 2. The summed E-state index contributed by atoms with van der Waals surface area (Å²) in [7, 11) is 0. The summed E-state index contributed by atoms with van der Waals surface area (Å²) in [5, 5.41) is -0.230. The lowest BCUT2D eigenvalue weighted by Crippen LogP contribution is -2.02. The van der Waals surface area contributed by atoms with E-state index in [1.165, 1.54) is 12.1 Å². The number of imidazole rings is 1. The van der Waals surface area contributed by atoms with E-state index in [1.54, 1.807) is 12.1 Å². The Morgan fingerprint density at radius 2 is 1.85 bits per heavy atom. The molecule has 3 aromatic rings. The summed E-state index contributed by atoms with van der Waals surface area (Å²) >= 11 is 6.26. The highest BCUT2D eigenvalue weighted by atomic mass is 35.5. The number of para-hydroxylation sites is 1. The van der Waals surface area contributed by atoms with Crippen molar-refractivity contribution < 1.29 is 4.39 Å². The monoisotopic (exact) mass is 288 g/mol. The summed E-state index contributed by atoms with van der Waals surface area (Å²) in [6, 6.07) is 12.3. The third kappa shape index (κ3) is 2.08. The Morgan fingerprint density at radius 1 is 1.15 bits per heavy atom. The Kier molecular flexibility index (Phi) is 3.22. The van der Waals surface area contributed by atoms with Gasteiger partial charge in [-0.1, -0.05) is 12.1 Å². The van der Waals surface area contributed by atoms with E-state index in [0.717, 1.165) is 28.1 Å². The zero-order valence-electron chi connectivity index (χ0n) is 11.3. The van der Waals surface area contributed by atoms with Crippen LogP contribution in [-0.4, -0.2) is 9.55 Å². The Balaban J connectivity index is 2.36. The van der Waals surface area contributed by atoms with Gasteiger partial charge in [0.2, 0.25) is 0 Å². The van der Waals surface area contributed by atoms with Crippen molar-refractivity contribution in [2.24, 2.45) is 0 Å². The van der Waals surface area contributed by atoms with E-state index in [0.29, 0.717) is 0 Å². The maximum absolute atomic E-state index is 13.1. The second-order valence-electron chi connectivity index (χ2n) is 4.84. The molecule has 0 aliphatic carbocycles. The number of fused-ring (bicyclic) bond motifs is 1. The molecule has 0 aliphatic heterocycles. The minimum absolute atomic E-state index is 0.230. The van der Waals surface area contributed by atoms with Crippen LogP contribution in [0.25, 0.3) is 16.7 Å². The molecular formula is C16H14ClFN2. The predicted molar refractivity (Wildman–Crippen MR) is 80.0 cm³/mol. The van der Waals surface area contributed by atoms with Gasteiger partial charge in [0, 0.05) is 5.69 Å². The van der Waals surface area contributed by atoms with Gasteiger partial charge in [-0.15, -0.1) is 11.6 Å². The number of nitrogens with zero attached hydrogens (tertiary/aromatic N) is 2. The zero-order chi connectivity index (χ0) is 14.3. The lowest BCUT2D eigenvalue weighted by molar-refractivity contribution is 0.627. The largest absolute Gasteiger partial charge is 0.295 e. The maximum atomic E-state index is 13.1. The van der Waals surface area contributed by atoms with Gasteiger partial charge in [0.1, 0.15) is 11.6 Å². The van der Waals surface area contributed by atoms with Crippen LogP contribution in [0.15, 0.2) is 42.5 Å². The molecule has 3 rings (SSSR count). The minimum Gasteiger partial charge on any atom is -0.295 e. The summed E-state index contributed by atoms with van der Waals surface area (Å²) in [6.45, 7) is 3.92. The molecule has 0 saturated heterocycles. The van der Waals surface area contributed by atoms with E-state index < -0.39 is 0 Å². The van der Waals surface area contributed by atoms with Gasteiger partial charge in [-0.25, -0.2) is 9.37 Å². The van der Waals surface area contributed by atoms with Gasteiger partial charge >= 0.3 is 0 Å². The highest BCUT2D eigenvalue weighted by Gasteiger charge is 2.17. The molecule has 1 heterocycles. The summed E-state index contributed by atoms with van der Waals surface area (Å²) in [4.78, 5) is 4.61. The fourth-order valence-electron chi connectivity index (χ4n) is 2.43. The van der Waals surface area contributed by atoms with Gasteiger partial charge in [0.05, 0.1) is 16.4 Å². The van der Waals surface area contributed by atoms with E-state index in [2.05, 4.69) is 4.98 Å². The summed E-state index contributed by atoms with van der Waals surface area (Å²) < 4.78 is 15.1. The molecule has 1 unspecified atom stereocenters. The van der Waals surface area contributed by atoms with Gasteiger partial charge in [0.15, 0.2) is 0 Å². The van der Waals surface area contributed by atoms with Crippen molar-refractivity contribution in [2.45, 2.75) is 19.2 Å². The third-order valence-corrected chi connectivity index (χ3v) is 3.54. The van der Waals surface area contributed by atoms with Crippen LogP contribution in [0.3, 0.4) is 0 Å². The van der Waals surface area contributed by atoms with E-state index in [4.69, 9.17) is 11.6 Å². The van der Waals surface area contributed by atoms with Crippen molar-refractivity contribution in [2.75, 3.05) is 0 Å². The number of rotatable bonds is 2. The van der Waals surface area contributed by atoms with Crippen LogP contribution in [0, 0.1) is 12.7 Å². The molecule has 4 heteroatoms. The minimum atomic E-state index is -0.254. The van der Waals surface area contributed by atoms with Crippen molar-refractivity contribution in [3.8, 4) is 5.69 Å². The fraction of sp³-hybridized carbons (Fsp3) is 0.188. The molecule has 20 heavy (non-hydrogen) atoms. The Labute approximate surface area is 121 Å². The Morgan fingerprint density at radius 3 is 2.50 bits per heavy atom. The number of hydrogen-bond acceptors (Lipinski definition) is 1. The van der Waals surface area contributed by atoms with Gasteiger partial charge < -0.3 is 0 Å². The average Bonchev–Trinajstić information content (AvgIpc) is 2.81. The van der Waals surface area contributed by atoms with Crippen molar-refractivity contribution in [1.29, 1.82) is 0 Å². The first-order valence-corrected chi connectivity index (χ1v) is 6.89. The molecule has 2 aromatic carbocycles. The molecule has 1 atom stereocenters. The smallest absolute Gasteiger partial charge is 0.132 e. The van der Waals surface area contributed by atoms with Gasteiger partial charge in [0.25, 0.3) is 0 Å². The summed E-state index contributed by atoms with van der Waals surface area (Å²) in [6.07, 6.45) is 0. The van der Waals surface area contributed by atoms with E-state index >= 15 is 0 Å². The van der Waals surface area contributed by atoms with Crippen LogP contribution in [0.4, 0.5) is 4.39 Å². The first kappa shape index (κ1) is 13.1. The number of benzene rings is 2. The number of aromatic nitrogens is 2. The summed E-state index contributed by atoms with van der Waals surface area (Å²) in [5.74, 6) is 0.512. The Hall–Kier alpha value is -1.87. The molecule has 0 saturated carbocycles. The lowest BCUT2D eigenvalue weighted by atomic mass is 10.2. The molecule has 0 bridgehead atoms. The first-order chi connectivity index (χ1) is 9.58. The third-order valence-electron chi connectivity index (χ3n) is 3.34. The standard InChI is InChI=1S/C16H14ClFN2/c1-10-4-3-5-14-15(10)20(16(19-14)11(2)17)13-8-6-12(18)7-9-13/h3-9,11H,1-2H3. The van der Waals surface area contributed by atoms with E-state index in [-0.39, 0.29) is 11.2 Å². The van der Waals surface area contributed by atoms with Crippen LogP contribution in [0.1, 0.15) is 23.7 Å². The summed E-state index contributed by atoms with van der Waals surface area (Å²) in [5.41, 5.74) is 3.90. The lowest BCUT2D eigenvalue weighted by Gasteiger charge is -2.11. The second-order valence-corrected chi connectivity index (χ2v) is 5.50. The molecule has 0 fully saturated rings. The van der Waals surface area contributed by atoms with Crippen LogP contribution < -0.4 is 0 Å². The Bertz CT molecular complexity index is 760. The van der Waals surface area contributed by atoms with Gasteiger partial charge in [-0.2, -0.15) is 0 Å². The van der Waals surface area contributed by atoms with Gasteiger partial charge in [-0.3, -0.25) is 4.57 Å². The van der Waals surface area contributed by atoms with Crippen molar-refractivity contribution in [1.82, 2.24) is 9.55 Å². The van der Waals surface area contributed by atoms with E-state index in [1.807, 2.05) is 36.6 Å². The number of aryl methyl sites for hydroxylation is 1. The first-order valence-electron chi connectivity index (χ1n) is 6.46. The zero-order valence-corrected chi connectivity index (χ0v) is 12.0. The van der Waals surface area contributed by atoms with Crippen LogP contribution >= 0.6 is 11.6 Å². The second kappa shape index (κ2) is 4.91. The van der Waals surface area contributed by atoms with Crippen molar-refractivity contribution in [3.05, 3.63) is 59.7 Å². The van der Waals surface area contributed by atoms with Crippen LogP contribution in [0.5, 0.6) is 0 Å². The highest BCUT2D eigenvalue weighted by Crippen LogP contribution is 2.29. The molecule has 1 aromatic heterocycles. The fourth-order valence-corrected chi connectivity index (χ4v) is 2.58. The maximum Gasteiger partial charge on any atom is 0.132 e. The van der Waals surface area contributed by atoms with Gasteiger partial charge in [-0.05, 0) is 49.7 Å². The number of hydrogen-bond donors (Lipinski definition) is 0. The molecule has 0 N–H and O–H groups in total.